The van der Waals surface area contributed by atoms with E-state index in [2.05, 4.69) is 26.3 Å². The van der Waals surface area contributed by atoms with Crippen LogP contribution in [-0.4, -0.2) is 31.4 Å². The number of benzene rings is 1. The number of aryl methyl sites for hydroxylation is 1. The van der Waals surface area contributed by atoms with Gasteiger partial charge < -0.3 is 4.52 Å². The predicted octanol–water partition coefficient (Wildman–Crippen LogP) is 3.46. The first-order valence-electron chi connectivity index (χ1n) is 8.00. The number of hydrogen-bond acceptors (Lipinski definition) is 5. The molecule has 0 N–H and O–H groups in total. The first-order chi connectivity index (χ1) is 11.7. The lowest BCUT2D eigenvalue weighted by atomic mass is 10.1. The van der Waals surface area contributed by atoms with Gasteiger partial charge in [0.25, 0.3) is 0 Å². The van der Waals surface area contributed by atoms with E-state index in [1.165, 1.54) is 5.56 Å². The summed E-state index contributed by atoms with van der Waals surface area (Å²) in [7, 11) is 1.94. The fourth-order valence-corrected chi connectivity index (χ4v) is 3.34. The average Bonchev–Trinajstić information content (AvgIpc) is 3.30. The second-order valence-corrected chi connectivity index (χ2v) is 6.53. The first kappa shape index (κ1) is 15.4. The van der Waals surface area contributed by atoms with Crippen LogP contribution in [0.1, 0.15) is 30.3 Å². The number of halogens is 1. The third-order valence-electron chi connectivity index (χ3n) is 4.38. The van der Waals surface area contributed by atoms with Gasteiger partial charge >= 0.3 is 0 Å². The molecule has 0 amide bonds. The van der Waals surface area contributed by atoms with E-state index < -0.39 is 0 Å². The van der Waals surface area contributed by atoms with Gasteiger partial charge in [0.15, 0.2) is 0 Å². The molecule has 1 saturated heterocycles. The highest BCUT2D eigenvalue weighted by molar-refractivity contribution is 6.30. The zero-order valence-corrected chi connectivity index (χ0v) is 14.1. The molecule has 4 rings (SSSR count). The second-order valence-electron chi connectivity index (χ2n) is 6.09. The molecule has 2 aromatic heterocycles. The predicted molar refractivity (Wildman–Crippen MR) is 90.3 cm³/mol. The van der Waals surface area contributed by atoms with E-state index in [-0.39, 0.29) is 0 Å². The van der Waals surface area contributed by atoms with Crippen molar-refractivity contribution in [2.24, 2.45) is 7.05 Å². The Kier molecular flexibility index (Phi) is 4.08. The van der Waals surface area contributed by atoms with Crippen molar-refractivity contribution in [3.05, 3.63) is 53.1 Å². The number of nitrogens with zero attached hydrogens (tertiary/aromatic N) is 5. The molecular formula is C17H18ClN5O. The Balaban J connectivity index is 1.50. The van der Waals surface area contributed by atoms with Crippen molar-refractivity contribution in [2.75, 3.05) is 6.54 Å². The molecule has 3 heterocycles. The molecule has 0 aliphatic carbocycles. The van der Waals surface area contributed by atoms with Crippen LogP contribution in [0.25, 0.3) is 11.4 Å². The summed E-state index contributed by atoms with van der Waals surface area (Å²) >= 11 is 5.92. The third kappa shape index (κ3) is 3.07. The Hall–Kier alpha value is -2.18. The molecule has 0 saturated carbocycles. The molecule has 1 aliphatic heterocycles. The summed E-state index contributed by atoms with van der Waals surface area (Å²) < 4.78 is 7.29. The summed E-state index contributed by atoms with van der Waals surface area (Å²) in [6.07, 6.45) is 6.31. The summed E-state index contributed by atoms with van der Waals surface area (Å²) in [5.41, 5.74) is 2.15. The molecule has 7 heteroatoms. The molecule has 1 atom stereocenters. The maximum absolute atomic E-state index is 5.92. The number of likely N-dealkylation sites (tertiary alicyclic amines) is 1. The van der Waals surface area contributed by atoms with Gasteiger partial charge in [0.05, 0.1) is 12.7 Å². The van der Waals surface area contributed by atoms with E-state index in [0.717, 1.165) is 24.9 Å². The van der Waals surface area contributed by atoms with Crippen molar-refractivity contribution in [1.82, 2.24) is 24.8 Å². The lowest BCUT2D eigenvalue weighted by Gasteiger charge is -2.21. The number of aromatic nitrogens is 4. The second kappa shape index (κ2) is 6.37. The zero-order chi connectivity index (χ0) is 16.5. The fourth-order valence-electron chi connectivity index (χ4n) is 3.21. The fraction of sp³-hybridized carbons (Fsp3) is 0.353. The maximum atomic E-state index is 5.92. The van der Waals surface area contributed by atoms with Crippen LogP contribution in [0.2, 0.25) is 5.02 Å². The zero-order valence-electron chi connectivity index (χ0n) is 13.4. The monoisotopic (exact) mass is 343 g/mol. The van der Waals surface area contributed by atoms with E-state index in [1.807, 2.05) is 42.2 Å². The van der Waals surface area contributed by atoms with Crippen molar-refractivity contribution in [3.8, 4) is 11.4 Å². The molecule has 0 radical (unpaired) electrons. The van der Waals surface area contributed by atoms with Crippen LogP contribution in [-0.2, 0) is 13.6 Å². The van der Waals surface area contributed by atoms with Crippen molar-refractivity contribution in [1.29, 1.82) is 0 Å². The topological polar surface area (TPSA) is 60.0 Å². The van der Waals surface area contributed by atoms with Crippen LogP contribution < -0.4 is 0 Å². The van der Waals surface area contributed by atoms with Gasteiger partial charge in [0.1, 0.15) is 0 Å². The van der Waals surface area contributed by atoms with E-state index >= 15 is 0 Å². The minimum Gasteiger partial charge on any atom is -0.338 e. The van der Waals surface area contributed by atoms with Gasteiger partial charge in [0, 0.05) is 35.4 Å². The lowest BCUT2D eigenvalue weighted by Crippen LogP contribution is -2.22. The summed E-state index contributed by atoms with van der Waals surface area (Å²) in [5.74, 6) is 1.23. The standard InChI is InChI=1S/C17H18ClN5O/c1-22-10-13(9-19-22)15-3-2-8-23(15)11-16-20-17(21-24-16)12-4-6-14(18)7-5-12/h4-7,9-10,15H,2-3,8,11H2,1H3. The van der Waals surface area contributed by atoms with Crippen molar-refractivity contribution < 1.29 is 4.52 Å². The largest absolute Gasteiger partial charge is 0.338 e. The number of rotatable bonds is 4. The molecule has 124 valence electrons. The van der Waals surface area contributed by atoms with Crippen molar-refractivity contribution in [2.45, 2.75) is 25.4 Å². The van der Waals surface area contributed by atoms with Gasteiger partial charge in [-0.2, -0.15) is 10.1 Å². The van der Waals surface area contributed by atoms with Gasteiger partial charge in [-0.05, 0) is 43.7 Å². The van der Waals surface area contributed by atoms with Gasteiger partial charge in [-0.25, -0.2) is 0 Å². The summed E-state index contributed by atoms with van der Waals surface area (Å²) in [6.45, 7) is 1.68. The van der Waals surface area contributed by atoms with Crippen LogP contribution in [0.15, 0.2) is 41.2 Å². The van der Waals surface area contributed by atoms with Gasteiger partial charge in [-0.1, -0.05) is 16.8 Å². The summed E-state index contributed by atoms with van der Waals surface area (Å²) in [6, 6.07) is 7.80. The highest BCUT2D eigenvalue weighted by Crippen LogP contribution is 2.32. The highest BCUT2D eigenvalue weighted by Gasteiger charge is 2.28. The molecule has 0 spiro atoms. The molecule has 24 heavy (non-hydrogen) atoms. The van der Waals surface area contributed by atoms with Gasteiger partial charge in [-0.15, -0.1) is 0 Å². The van der Waals surface area contributed by atoms with Gasteiger partial charge in [0.2, 0.25) is 11.7 Å². The minimum atomic E-state index is 0.365. The van der Waals surface area contributed by atoms with E-state index in [9.17, 15) is 0 Å². The van der Waals surface area contributed by atoms with Crippen LogP contribution in [0.3, 0.4) is 0 Å². The minimum absolute atomic E-state index is 0.365. The highest BCUT2D eigenvalue weighted by atomic mass is 35.5. The smallest absolute Gasteiger partial charge is 0.241 e. The van der Waals surface area contributed by atoms with Crippen LogP contribution in [0.5, 0.6) is 0 Å². The molecule has 1 aromatic carbocycles. The van der Waals surface area contributed by atoms with Crippen LogP contribution in [0, 0.1) is 0 Å². The molecule has 3 aromatic rings. The third-order valence-corrected chi connectivity index (χ3v) is 4.63. The lowest BCUT2D eigenvalue weighted by molar-refractivity contribution is 0.212. The van der Waals surface area contributed by atoms with Crippen LogP contribution in [0.4, 0.5) is 0 Å². The molecule has 1 unspecified atom stereocenters. The Morgan fingerprint density at radius 2 is 2.12 bits per heavy atom. The molecule has 0 bridgehead atoms. The molecular weight excluding hydrogens is 326 g/mol. The Bertz CT molecular complexity index is 826. The van der Waals surface area contributed by atoms with Gasteiger partial charge in [-0.3, -0.25) is 9.58 Å². The van der Waals surface area contributed by atoms with Crippen LogP contribution >= 0.6 is 11.6 Å². The number of hydrogen-bond donors (Lipinski definition) is 0. The summed E-state index contributed by atoms with van der Waals surface area (Å²) in [5, 5.41) is 9.06. The molecule has 1 aliphatic rings. The average molecular weight is 344 g/mol. The van der Waals surface area contributed by atoms with Crippen molar-refractivity contribution >= 4 is 11.6 Å². The normalized spacial score (nSPS) is 18.3. The Morgan fingerprint density at radius 1 is 1.29 bits per heavy atom. The van der Waals surface area contributed by atoms with E-state index in [0.29, 0.717) is 29.3 Å². The summed E-state index contributed by atoms with van der Waals surface area (Å²) in [4.78, 5) is 6.89. The molecule has 1 fully saturated rings. The Morgan fingerprint density at radius 3 is 2.88 bits per heavy atom. The molecule has 6 nitrogen and oxygen atoms in total. The quantitative estimate of drug-likeness (QED) is 0.726. The first-order valence-corrected chi connectivity index (χ1v) is 8.38. The van der Waals surface area contributed by atoms with E-state index in [4.69, 9.17) is 16.1 Å². The maximum Gasteiger partial charge on any atom is 0.241 e. The van der Waals surface area contributed by atoms with Crippen molar-refractivity contribution in [3.63, 3.8) is 0 Å². The Labute approximate surface area is 145 Å². The van der Waals surface area contributed by atoms with E-state index in [1.54, 1.807) is 0 Å². The SMILES string of the molecule is Cn1cc(C2CCCN2Cc2nc(-c3ccc(Cl)cc3)no2)cn1.